The molecule has 0 aliphatic carbocycles. The van der Waals surface area contributed by atoms with Crippen molar-refractivity contribution < 1.29 is 0 Å². The Labute approximate surface area is 149 Å². The van der Waals surface area contributed by atoms with Crippen molar-refractivity contribution in [2.24, 2.45) is 10.9 Å². The van der Waals surface area contributed by atoms with Crippen LogP contribution in [0.5, 0.6) is 0 Å². The van der Waals surface area contributed by atoms with E-state index in [4.69, 9.17) is 0 Å². The second-order valence-corrected chi connectivity index (χ2v) is 6.39. The molecule has 0 bridgehead atoms. The van der Waals surface area contributed by atoms with E-state index in [0.29, 0.717) is 12.1 Å². The molecule has 0 atom stereocenters. The molecule has 0 aliphatic heterocycles. The third kappa shape index (κ3) is 12.2. The number of hydrogen-bond acceptors (Lipinski definition) is 2. The molecule has 0 amide bonds. The van der Waals surface area contributed by atoms with Crippen LogP contribution >= 0.6 is 24.0 Å². The third-order valence-corrected chi connectivity index (χ3v) is 3.45. The van der Waals surface area contributed by atoms with Gasteiger partial charge in [0.2, 0.25) is 0 Å². The van der Waals surface area contributed by atoms with Crippen molar-refractivity contribution >= 4 is 29.9 Å². The summed E-state index contributed by atoms with van der Waals surface area (Å²) in [5.41, 5.74) is 0. The molecule has 0 saturated heterocycles. The lowest BCUT2D eigenvalue weighted by atomic mass is 10.1. The average molecular weight is 412 g/mol. The first kappa shape index (κ1) is 23.2. The number of hydrogen-bond donors (Lipinski definition) is 2. The maximum absolute atomic E-state index is 4.25. The minimum absolute atomic E-state index is 0. The summed E-state index contributed by atoms with van der Waals surface area (Å²) >= 11 is 0. The molecular weight excluding hydrogens is 375 g/mol. The van der Waals surface area contributed by atoms with Crippen LogP contribution in [0.2, 0.25) is 0 Å². The zero-order valence-corrected chi connectivity index (χ0v) is 17.4. The van der Waals surface area contributed by atoms with Crippen molar-refractivity contribution in [2.45, 2.75) is 66.5 Å². The molecular formula is C16H37IN4. The second kappa shape index (κ2) is 13.6. The fraction of sp³-hybridized carbons (Fsp3) is 0.938. The van der Waals surface area contributed by atoms with Crippen LogP contribution < -0.4 is 10.6 Å². The molecule has 0 rings (SSSR count). The van der Waals surface area contributed by atoms with Crippen LogP contribution in [0, 0.1) is 5.92 Å². The summed E-state index contributed by atoms with van der Waals surface area (Å²) in [6, 6.07) is 1.22. The van der Waals surface area contributed by atoms with Gasteiger partial charge in [0, 0.05) is 38.8 Å². The monoisotopic (exact) mass is 412 g/mol. The number of halogens is 1. The molecule has 0 unspecified atom stereocenters. The van der Waals surface area contributed by atoms with Gasteiger partial charge in [0.1, 0.15) is 0 Å². The minimum Gasteiger partial charge on any atom is -0.356 e. The minimum atomic E-state index is 0. The molecule has 2 N–H and O–H groups in total. The van der Waals surface area contributed by atoms with Gasteiger partial charge in [-0.1, -0.05) is 13.8 Å². The van der Waals surface area contributed by atoms with Crippen LogP contribution in [0.3, 0.4) is 0 Å². The Morgan fingerprint density at radius 2 is 1.48 bits per heavy atom. The Balaban J connectivity index is 0. The van der Waals surface area contributed by atoms with E-state index < -0.39 is 0 Å². The second-order valence-electron chi connectivity index (χ2n) is 6.39. The van der Waals surface area contributed by atoms with Crippen molar-refractivity contribution in [1.82, 2.24) is 15.5 Å². The van der Waals surface area contributed by atoms with E-state index >= 15 is 0 Å². The first-order chi connectivity index (χ1) is 9.38. The largest absolute Gasteiger partial charge is 0.356 e. The van der Waals surface area contributed by atoms with Gasteiger partial charge in [0.15, 0.2) is 5.96 Å². The number of nitrogens with zero attached hydrogens (tertiary/aromatic N) is 2. The summed E-state index contributed by atoms with van der Waals surface area (Å²) < 4.78 is 0. The van der Waals surface area contributed by atoms with Crippen molar-refractivity contribution in [3.05, 3.63) is 0 Å². The Morgan fingerprint density at radius 3 is 1.90 bits per heavy atom. The SMILES string of the molecule is CN=C(NCCCN(C(C)C)C(C)C)NCCC(C)C.I. The van der Waals surface area contributed by atoms with Crippen LogP contribution in [-0.4, -0.2) is 49.6 Å². The van der Waals surface area contributed by atoms with Gasteiger partial charge >= 0.3 is 0 Å². The van der Waals surface area contributed by atoms with Gasteiger partial charge in [-0.3, -0.25) is 9.89 Å². The fourth-order valence-corrected chi connectivity index (χ4v) is 2.28. The van der Waals surface area contributed by atoms with E-state index in [9.17, 15) is 0 Å². The summed E-state index contributed by atoms with van der Waals surface area (Å²) in [6.07, 6.45) is 2.32. The van der Waals surface area contributed by atoms with Gasteiger partial charge in [-0.15, -0.1) is 24.0 Å². The van der Waals surface area contributed by atoms with Gasteiger partial charge in [0.05, 0.1) is 0 Å². The predicted octanol–water partition coefficient (Wildman–Crippen LogP) is 3.32. The zero-order chi connectivity index (χ0) is 15.5. The summed E-state index contributed by atoms with van der Waals surface area (Å²) in [6.45, 7) is 16.6. The van der Waals surface area contributed by atoms with E-state index in [1.807, 2.05) is 7.05 Å². The topological polar surface area (TPSA) is 39.7 Å². The molecule has 4 nitrogen and oxygen atoms in total. The van der Waals surface area contributed by atoms with Crippen LogP contribution in [0.4, 0.5) is 0 Å². The molecule has 5 heteroatoms. The molecule has 0 heterocycles. The van der Waals surface area contributed by atoms with Gasteiger partial charge in [-0.2, -0.15) is 0 Å². The normalized spacial score (nSPS) is 12.2. The highest BCUT2D eigenvalue weighted by molar-refractivity contribution is 14.0. The highest BCUT2D eigenvalue weighted by Gasteiger charge is 2.12. The first-order valence-corrected chi connectivity index (χ1v) is 8.08. The fourth-order valence-electron chi connectivity index (χ4n) is 2.28. The third-order valence-electron chi connectivity index (χ3n) is 3.45. The molecule has 128 valence electrons. The highest BCUT2D eigenvalue weighted by atomic mass is 127. The summed E-state index contributed by atoms with van der Waals surface area (Å²) in [5, 5.41) is 6.75. The summed E-state index contributed by atoms with van der Waals surface area (Å²) in [5.74, 6) is 1.65. The quantitative estimate of drug-likeness (QED) is 0.264. The van der Waals surface area contributed by atoms with Gasteiger partial charge in [0.25, 0.3) is 0 Å². The summed E-state index contributed by atoms with van der Waals surface area (Å²) in [7, 11) is 1.83. The van der Waals surface area contributed by atoms with E-state index in [2.05, 4.69) is 62.1 Å². The van der Waals surface area contributed by atoms with Crippen molar-refractivity contribution in [1.29, 1.82) is 0 Å². The Bertz CT molecular complexity index is 257. The maximum Gasteiger partial charge on any atom is 0.190 e. The van der Waals surface area contributed by atoms with E-state index in [1.165, 1.54) is 6.42 Å². The Morgan fingerprint density at radius 1 is 0.952 bits per heavy atom. The maximum atomic E-state index is 4.25. The van der Waals surface area contributed by atoms with E-state index in [-0.39, 0.29) is 24.0 Å². The molecule has 21 heavy (non-hydrogen) atoms. The number of guanidine groups is 1. The lowest BCUT2D eigenvalue weighted by molar-refractivity contribution is 0.173. The molecule has 0 fully saturated rings. The zero-order valence-electron chi connectivity index (χ0n) is 15.1. The van der Waals surface area contributed by atoms with Gasteiger partial charge in [-0.05, 0) is 46.5 Å². The highest BCUT2D eigenvalue weighted by Crippen LogP contribution is 2.05. The van der Waals surface area contributed by atoms with Crippen LogP contribution in [0.1, 0.15) is 54.4 Å². The summed E-state index contributed by atoms with van der Waals surface area (Å²) in [4.78, 5) is 6.78. The molecule has 0 aromatic carbocycles. The van der Waals surface area contributed by atoms with E-state index in [1.54, 1.807) is 0 Å². The number of nitrogens with one attached hydrogen (secondary N) is 2. The van der Waals surface area contributed by atoms with Crippen LogP contribution in [0.15, 0.2) is 4.99 Å². The van der Waals surface area contributed by atoms with Gasteiger partial charge < -0.3 is 10.6 Å². The molecule has 0 spiro atoms. The molecule has 0 saturated carbocycles. The lowest BCUT2D eigenvalue weighted by Gasteiger charge is -2.30. The van der Waals surface area contributed by atoms with Crippen molar-refractivity contribution in [2.75, 3.05) is 26.7 Å². The number of rotatable bonds is 9. The van der Waals surface area contributed by atoms with Crippen molar-refractivity contribution in [3.63, 3.8) is 0 Å². The lowest BCUT2D eigenvalue weighted by Crippen LogP contribution is -2.41. The standard InChI is InChI=1S/C16H36N4.HI/c1-13(2)9-11-19-16(17-7)18-10-8-12-20(14(3)4)15(5)6;/h13-15H,8-12H2,1-7H3,(H2,17,18,19);1H. The van der Waals surface area contributed by atoms with E-state index in [0.717, 1.165) is 37.9 Å². The molecule has 0 aliphatic rings. The Kier molecular flexibility index (Phi) is 15.1. The number of aliphatic imine (C=N–C) groups is 1. The van der Waals surface area contributed by atoms with Crippen molar-refractivity contribution in [3.8, 4) is 0 Å². The Hall–Kier alpha value is -0.0400. The van der Waals surface area contributed by atoms with Crippen LogP contribution in [-0.2, 0) is 0 Å². The van der Waals surface area contributed by atoms with Crippen LogP contribution in [0.25, 0.3) is 0 Å². The first-order valence-electron chi connectivity index (χ1n) is 8.08. The molecule has 0 radical (unpaired) electrons. The van der Waals surface area contributed by atoms with Gasteiger partial charge in [-0.25, -0.2) is 0 Å². The molecule has 0 aromatic rings. The smallest absolute Gasteiger partial charge is 0.190 e. The average Bonchev–Trinajstić information content (AvgIpc) is 2.34. The predicted molar refractivity (Wildman–Crippen MR) is 106 cm³/mol. The molecule has 0 aromatic heterocycles.